The molecule has 0 aromatic heterocycles. The van der Waals surface area contributed by atoms with Gasteiger partial charge in [0.05, 0.1) is 12.2 Å². The van der Waals surface area contributed by atoms with E-state index >= 15 is 0 Å². The van der Waals surface area contributed by atoms with Crippen molar-refractivity contribution < 1.29 is 14.2 Å². The van der Waals surface area contributed by atoms with Crippen LogP contribution in [0.25, 0.3) is 0 Å². The van der Waals surface area contributed by atoms with Gasteiger partial charge in [0.2, 0.25) is 0 Å². The van der Waals surface area contributed by atoms with Crippen LogP contribution in [0.3, 0.4) is 0 Å². The summed E-state index contributed by atoms with van der Waals surface area (Å²) in [7, 11) is 1.53. The summed E-state index contributed by atoms with van der Waals surface area (Å²) in [5.41, 5.74) is 0.717. The van der Waals surface area contributed by atoms with Crippen molar-refractivity contribution in [3.05, 3.63) is 34.6 Å². The SMILES string of the molecule is COC(C)C(O)Cc1ccc(F)cc1Cl. The molecule has 0 aliphatic rings. The lowest BCUT2D eigenvalue weighted by Gasteiger charge is -2.17. The Bertz CT molecular complexity index is 330. The van der Waals surface area contributed by atoms with E-state index in [1.54, 1.807) is 13.0 Å². The number of benzene rings is 1. The van der Waals surface area contributed by atoms with Crippen LogP contribution in [0.1, 0.15) is 12.5 Å². The average Bonchev–Trinajstić information content (AvgIpc) is 2.20. The molecule has 1 N–H and O–H groups in total. The first-order chi connectivity index (χ1) is 7.04. The second-order valence-electron chi connectivity index (χ2n) is 3.45. The lowest BCUT2D eigenvalue weighted by Crippen LogP contribution is -2.27. The van der Waals surface area contributed by atoms with Crippen LogP contribution in [0, 0.1) is 5.82 Å². The van der Waals surface area contributed by atoms with Crippen molar-refractivity contribution in [2.24, 2.45) is 0 Å². The van der Waals surface area contributed by atoms with Gasteiger partial charge in [0, 0.05) is 18.6 Å². The molecule has 0 fully saturated rings. The molecule has 0 spiro atoms. The molecule has 1 aromatic rings. The highest BCUT2D eigenvalue weighted by Crippen LogP contribution is 2.19. The summed E-state index contributed by atoms with van der Waals surface area (Å²) >= 11 is 5.83. The maximum Gasteiger partial charge on any atom is 0.124 e. The first kappa shape index (κ1) is 12.4. The summed E-state index contributed by atoms with van der Waals surface area (Å²) in [5, 5.41) is 10.0. The standard InChI is InChI=1S/C11H14ClFO2/c1-7(15-2)11(14)5-8-3-4-9(13)6-10(8)12/h3-4,6-7,11,14H,5H2,1-2H3. The summed E-state index contributed by atoms with van der Waals surface area (Å²) in [6, 6.07) is 4.13. The number of methoxy groups -OCH3 is 1. The highest BCUT2D eigenvalue weighted by Gasteiger charge is 2.15. The van der Waals surface area contributed by atoms with Crippen molar-refractivity contribution in [1.82, 2.24) is 0 Å². The smallest absolute Gasteiger partial charge is 0.124 e. The minimum atomic E-state index is -0.641. The van der Waals surface area contributed by atoms with E-state index in [0.717, 1.165) is 5.56 Å². The van der Waals surface area contributed by atoms with Crippen molar-refractivity contribution in [3.63, 3.8) is 0 Å². The van der Waals surface area contributed by atoms with Gasteiger partial charge in [-0.3, -0.25) is 0 Å². The number of halogens is 2. The summed E-state index contributed by atoms with van der Waals surface area (Å²) < 4.78 is 17.7. The quantitative estimate of drug-likeness (QED) is 0.864. The topological polar surface area (TPSA) is 29.5 Å². The molecule has 0 radical (unpaired) electrons. The molecule has 2 unspecified atom stereocenters. The number of aliphatic hydroxyl groups excluding tert-OH is 1. The Balaban J connectivity index is 2.72. The molecule has 0 heterocycles. The van der Waals surface area contributed by atoms with Crippen LogP contribution in [0.15, 0.2) is 18.2 Å². The molecule has 2 nitrogen and oxygen atoms in total. The minimum absolute atomic E-state index is 0.272. The van der Waals surface area contributed by atoms with E-state index in [-0.39, 0.29) is 11.9 Å². The van der Waals surface area contributed by atoms with Gasteiger partial charge >= 0.3 is 0 Å². The first-order valence-corrected chi connectivity index (χ1v) is 5.07. The number of hydrogen-bond acceptors (Lipinski definition) is 2. The van der Waals surface area contributed by atoms with Gasteiger partial charge in [0.1, 0.15) is 5.82 Å². The second kappa shape index (κ2) is 5.45. The van der Waals surface area contributed by atoms with Gasteiger partial charge < -0.3 is 9.84 Å². The number of hydrogen-bond donors (Lipinski definition) is 1. The fourth-order valence-electron chi connectivity index (χ4n) is 1.24. The van der Waals surface area contributed by atoms with Gasteiger partial charge in [-0.05, 0) is 24.6 Å². The summed E-state index contributed by atoms with van der Waals surface area (Å²) in [6.45, 7) is 1.77. The molecule has 0 bridgehead atoms. The summed E-state index contributed by atoms with van der Waals surface area (Å²) in [5.74, 6) is -0.377. The van der Waals surface area contributed by atoms with Crippen LogP contribution >= 0.6 is 11.6 Å². The molecule has 0 saturated carbocycles. The molecule has 4 heteroatoms. The molecule has 0 aliphatic heterocycles. The second-order valence-corrected chi connectivity index (χ2v) is 3.86. The molecule has 84 valence electrons. The Morgan fingerprint density at radius 1 is 1.53 bits per heavy atom. The van der Waals surface area contributed by atoms with Crippen LogP contribution in [0.4, 0.5) is 4.39 Å². The van der Waals surface area contributed by atoms with Crippen LogP contribution in [0.2, 0.25) is 5.02 Å². The van der Waals surface area contributed by atoms with Gasteiger partial charge in [-0.2, -0.15) is 0 Å². The molecule has 0 saturated heterocycles. The number of aliphatic hydroxyl groups is 1. The Labute approximate surface area is 93.6 Å². The Morgan fingerprint density at radius 2 is 2.20 bits per heavy atom. The first-order valence-electron chi connectivity index (χ1n) is 4.69. The Morgan fingerprint density at radius 3 is 2.73 bits per heavy atom. The molecule has 1 aromatic carbocycles. The highest BCUT2D eigenvalue weighted by atomic mass is 35.5. The van der Waals surface area contributed by atoms with Gasteiger partial charge in [-0.15, -0.1) is 0 Å². The largest absolute Gasteiger partial charge is 0.390 e. The average molecular weight is 233 g/mol. The summed E-state index contributed by atoms with van der Waals surface area (Å²) in [4.78, 5) is 0. The highest BCUT2D eigenvalue weighted by molar-refractivity contribution is 6.31. The fraction of sp³-hybridized carbons (Fsp3) is 0.455. The maximum absolute atomic E-state index is 12.7. The van der Waals surface area contributed by atoms with Crippen LogP contribution in [0.5, 0.6) is 0 Å². The minimum Gasteiger partial charge on any atom is -0.390 e. The third-order valence-electron chi connectivity index (χ3n) is 2.36. The maximum atomic E-state index is 12.7. The molecular weight excluding hydrogens is 219 g/mol. The third kappa shape index (κ3) is 3.45. The van der Waals surface area contributed by atoms with Crippen molar-refractivity contribution in [3.8, 4) is 0 Å². The van der Waals surface area contributed by atoms with E-state index in [9.17, 15) is 9.50 Å². The van der Waals surface area contributed by atoms with Gasteiger partial charge in [-0.1, -0.05) is 17.7 Å². The van der Waals surface area contributed by atoms with Crippen LogP contribution < -0.4 is 0 Å². The predicted octanol–water partition coefficient (Wildman–Crippen LogP) is 2.42. The van der Waals surface area contributed by atoms with E-state index in [1.807, 2.05) is 0 Å². The normalized spacial score (nSPS) is 15.0. The Kier molecular flexibility index (Phi) is 4.51. The number of ether oxygens (including phenoxy) is 1. The van der Waals surface area contributed by atoms with Crippen LogP contribution in [-0.2, 0) is 11.2 Å². The van der Waals surface area contributed by atoms with E-state index in [1.165, 1.54) is 19.2 Å². The molecule has 2 atom stereocenters. The van der Waals surface area contributed by atoms with E-state index in [4.69, 9.17) is 16.3 Å². The number of rotatable bonds is 4. The molecule has 1 rings (SSSR count). The van der Waals surface area contributed by atoms with E-state index in [0.29, 0.717) is 11.4 Å². The lowest BCUT2D eigenvalue weighted by atomic mass is 10.0. The molecule has 0 amide bonds. The van der Waals surface area contributed by atoms with Crippen molar-refractivity contribution >= 4 is 11.6 Å². The predicted molar refractivity (Wildman–Crippen MR) is 57.6 cm³/mol. The van der Waals surface area contributed by atoms with E-state index < -0.39 is 6.10 Å². The fourth-order valence-corrected chi connectivity index (χ4v) is 1.48. The van der Waals surface area contributed by atoms with E-state index in [2.05, 4.69) is 0 Å². The van der Waals surface area contributed by atoms with Crippen molar-refractivity contribution in [2.45, 2.75) is 25.6 Å². The van der Waals surface area contributed by atoms with Gasteiger partial charge in [0.25, 0.3) is 0 Å². The molecule has 0 aliphatic carbocycles. The molecular formula is C11H14ClFO2. The zero-order valence-electron chi connectivity index (χ0n) is 8.71. The lowest BCUT2D eigenvalue weighted by molar-refractivity contribution is 0.000411. The zero-order chi connectivity index (χ0) is 11.4. The van der Waals surface area contributed by atoms with Gasteiger partial charge in [-0.25, -0.2) is 4.39 Å². The monoisotopic (exact) mass is 232 g/mol. The van der Waals surface area contributed by atoms with Crippen LogP contribution in [-0.4, -0.2) is 24.4 Å². The third-order valence-corrected chi connectivity index (χ3v) is 2.71. The van der Waals surface area contributed by atoms with Gasteiger partial charge in [0.15, 0.2) is 0 Å². The Hall–Kier alpha value is -0.640. The zero-order valence-corrected chi connectivity index (χ0v) is 9.46. The molecule has 15 heavy (non-hydrogen) atoms. The van der Waals surface area contributed by atoms with Crippen molar-refractivity contribution in [2.75, 3.05) is 7.11 Å². The summed E-state index contributed by atoms with van der Waals surface area (Å²) in [6.07, 6.45) is -0.558. The van der Waals surface area contributed by atoms with Crippen molar-refractivity contribution in [1.29, 1.82) is 0 Å².